The number of carboxylic acid groups (broad SMARTS) is 1. The minimum atomic E-state index is -1.70. The lowest BCUT2D eigenvalue weighted by Crippen LogP contribution is -2.44. The molecular formula is C22H26FN2O5S+. The van der Waals surface area contributed by atoms with Gasteiger partial charge >= 0.3 is 5.97 Å². The van der Waals surface area contributed by atoms with Crippen LogP contribution in [-0.4, -0.2) is 33.0 Å². The number of nitrogens with zero attached hydrogens (tertiary/aromatic N) is 1. The van der Waals surface area contributed by atoms with Crippen molar-refractivity contribution >= 4 is 28.3 Å². The summed E-state index contributed by atoms with van der Waals surface area (Å²) in [7, 11) is 0. The average molecular weight is 450 g/mol. The van der Waals surface area contributed by atoms with Crippen LogP contribution in [0.25, 0.3) is 4.91 Å². The Morgan fingerprint density at radius 1 is 1.16 bits per heavy atom. The van der Waals surface area contributed by atoms with Gasteiger partial charge in [-0.1, -0.05) is 17.7 Å². The van der Waals surface area contributed by atoms with Gasteiger partial charge in [-0.3, -0.25) is 0 Å². The minimum Gasteiger partial charge on any atom is -0.491 e. The number of anilines is 1. The molecule has 0 heterocycles. The summed E-state index contributed by atoms with van der Waals surface area (Å²) in [5.41, 5.74) is 4.38. The molecule has 9 heteroatoms. The first-order valence-corrected chi connectivity index (χ1v) is 10.3. The Morgan fingerprint density at radius 3 is 2.29 bits per heavy atom. The second kappa shape index (κ2) is 10.5. The highest BCUT2D eigenvalue weighted by atomic mass is 32.2. The van der Waals surface area contributed by atoms with Crippen LogP contribution in [0.4, 0.5) is 10.1 Å². The van der Waals surface area contributed by atoms with Crippen LogP contribution in [0.5, 0.6) is 5.75 Å². The highest BCUT2D eigenvalue weighted by Gasteiger charge is 2.33. The van der Waals surface area contributed by atoms with Crippen molar-refractivity contribution in [3.8, 4) is 5.75 Å². The molecule has 166 valence electrons. The number of carbonyl (C=O) groups is 1. The lowest BCUT2D eigenvalue weighted by atomic mass is 10.1. The number of aromatic carboxylic acids is 1. The van der Waals surface area contributed by atoms with Gasteiger partial charge in [0.05, 0.1) is 17.1 Å². The van der Waals surface area contributed by atoms with Crippen molar-refractivity contribution in [2.75, 3.05) is 12.0 Å². The van der Waals surface area contributed by atoms with E-state index in [1.807, 2.05) is 13.8 Å². The van der Waals surface area contributed by atoms with Crippen LogP contribution < -0.4 is 10.2 Å². The zero-order valence-corrected chi connectivity index (χ0v) is 18.5. The van der Waals surface area contributed by atoms with E-state index in [2.05, 4.69) is 5.43 Å². The maximum atomic E-state index is 13.3. The Kier molecular flexibility index (Phi) is 8.23. The van der Waals surface area contributed by atoms with Gasteiger partial charge in [-0.25, -0.2) is 9.18 Å². The number of benzene rings is 2. The largest absolute Gasteiger partial charge is 0.491 e. The molecule has 2 aromatic carbocycles. The van der Waals surface area contributed by atoms with Crippen molar-refractivity contribution in [3.63, 3.8) is 0 Å². The first-order valence-electron chi connectivity index (χ1n) is 9.50. The topological polar surface area (TPSA) is 99.0 Å². The quantitative estimate of drug-likeness (QED) is 0.280. The van der Waals surface area contributed by atoms with Crippen molar-refractivity contribution in [2.24, 2.45) is 0 Å². The number of ether oxygens (including phenoxy) is 1. The number of halogens is 1. The van der Waals surface area contributed by atoms with Crippen molar-refractivity contribution in [1.82, 2.24) is 0 Å². The molecule has 0 saturated carbocycles. The Bertz CT molecular complexity index is 999. The predicted octanol–water partition coefficient (Wildman–Crippen LogP) is 5.89. The lowest BCUT2D eigenvalue weighted by Gasteiger charge is -2.25. The molecule has 0 amide bonds. The number of allylic oxidation sites excluding steroid dienone is 2. The molecule has 2 aromatic rings. The molecule has 2 rings (SSSR count). The number of carboxylic acids is 1. The molecule has 31 heavy (non-hydrogen) atoms. The van der Waals surface area contributed by atoms with Crippen LogP contribution in [0.2, 0.25) is 0 Å². The highest BCUT2D eigenvalue weighted by molar-refractivity contribution is 8.11. The van der Waals surface area contributed by atoms with E-state index < -0.39 is 10.9 Å². The molecule has 0 aliphatic rings. The summed E-state index contributed by atoms with van der Waals surface area (Å²) in [5, 5.41) is 30.8. The van der Waals surface area contributed by atoms with Gasteiger partial charge in [0.1, 0.15) is 17.3 Å². The van der Waals surface area contributed by atoms with Crippen LogP contribution in [0.1, 0.15) is 43.6 Å². The maximum absolute atomic E-state index is 13.3. The van der Waals surface area contributed by atoms with Gasteiger partial charge in [0.2, 0.25) is 0 Å². The third kappa shape index (κ3) is 6.31. The smallest absolute Gasteiger partial charge is 0.335 e. The van der Waals surface area contributed by atoms with Crippen molar-refractivity contribution in [2.45, 2.75) is 27.7 Å². The zero-order chi connectivity index (χ0) is 23.2. The van der Waals surface area contributed by atoms with Crippen LogP contribution in [0, 0.1) is 5.82 Å². The fraction of sp³-hybridized carbons (Fsp3) is 0.227. The van der Waals surface area contributed by atoms with Crippen molar-refractivity contribution in [1.29, 1.82) is 0 Å². The molecule has 0 aromatic heterocycles. The van der Waals surface area contributed by atoms with E-state index in [1.54, 1.807) is 26.0 Å². The fourth-order valence-electron chi connectivity index (χ4n) is 2.70. The van der Waals surface area contributed by atoms with E-state index in [0.717, 1.165) is 27.8 Å². The molecule has 0 aliphatic heterocycles. The SMILES string of the molecule is C/C=C(\SC(=C(C)C)c1ccc(F)cc1)[N+](O)(O)Nc1ccc(C(=O)O)cc1OCC. The average Bonchev–Trinajstić information content (AvgIpc) is 2.70. The Hall–Kier alpha value is -2.85. The molecule has 7 nitrogen and oxygen atoms in total. The molecule has 0 saturated heterocycles. The predicted molar refractivity (Wildman–Crippen MR) is 118 cm³/mol. The third-order valence-electron chi connectivity index (χ3n) is 4.13. The van der Waals surface area contributed by atoms with E-state index in [9.17, 15) is 24.7 Å². The first kappa shape index (κ1) is 24.4. The summed E-state index contributed by atoms with van der Waals surface area (Å²) in [6.45, 7) is 7.37. The maximum Gasteiger partial charge on any atom is 0.335 e. The summed E-state index contributed by atoms with van der Waals surface area (Å²) in [6, 6.07) is 9.94. The molecule has 0 atom stereocenters. The number of nitrogens with one attached hydrogen (secondary N) is 1. The van der Waals surface area contributed by atoms with Gasteiger partial charge in [0, 0.05) is 4.91 Å². The van der Waals surface area contributed by atoms with Gasteiger partial charge in [0.15, 0.2) is 0 Å². The van der Waals surface area contributed by atoms with Gasteiger partial charge in [-0.2, -0.15) is 5.43 Å². The Balaban J connectivity index is 2.35. The zero-order valence-electron chi connectivity index (χ0n) is 17.7. The van der Waals surface area contributed by atoms with Crippen LogP contribution in [0.3, 0.4) is 0 Å². The Morgan fingerprint density at radius 2 is 1.77 bits per heavy atom. The summed E-state index contributed by atoms with van der Waals surface area (Å²) >= 11 is 1.10. The highest BCUT2D eigenvalue weighted by Crippen LogP contribution is 2.40. The second-order valence-electron chi connectivity index (χ2n) is 6.73. The standard InChI is InChI=1S/C22H25FN2O5S/c1-5-20(31-21(14(3)4)15-7-10-17(23)11-8-15)25(28,29)24-18-12-9-16(22(26)27)13-19(18)30-6-2/h5,7-13,24,28-29H,6H2,1-4H3/p+1/b20-5-. The monoisotopic (exact) mass is 449 g/mol. The van der Waals surface area contributed by atoms with Crippen LogP contribution >= 0.6 is 11.8 Å². The van der Waals surface area contributed by atoms with E-state index in [4.69, 9.17) is 4.74 Å². The first-order chi connectivity index (χ1) is 14.6. The van der Waals surface area contributed by atoms with E-state index >= 15 is 0 Å². The van der Waals surface area contributed by atoms with Gasteiger partial charge in [0.25, 0.3) is 5.03 Å². The number of hydrogen-bond acceptors (Lipinski definition) is 6. The van der Waals surface area contributed by atoms with E-state index in [0.29, 0.717) is 0 Å². The summed E-state index contributed by atoms with van der Waals surface area (Å²) in [5.74, 6) is -1.33. The minimum absolute atomic E-state index is 0.00625. The number of hydroxylamine groups is 2. The van der Waals surface area contributed by atoms with E-state index in [1.165, 1.54) is 36.4 Å². The van der Waals surface area contributed by atoms with Crippen LogP contribution in [0.15, 0.2) is 59.1 Å². The van der Waals surface area contributed by atoms with Gasteiger partial charge in [-0.15, -0.1) is 10.4 Å². The lowest BCUT2D eigenvalue weighted by molar-refractivity contribution is -1.20. The number of rotatable bonds is 9. The summed E-state index contributed by atoms with van der Waals surface area (Å²) in [6.07, 6.45) is 1.52. The molecule has 0 unspecified atom stereocenters. The second-order valence-corrected chi connectivity index (χ2v) is 7.76. The van der Waals surface area contributed by atoms with Crippen LogP contribution in [-0.2, 0) is 0 Å². The van der Waals surface area contributed by atoms with Crippen molar-refractivity contribution in [3.05, 3.63) is 76.1 Å². The Labute approximate surface area is 184 Å². The van der Waals surface area contributed by atoms with E-state index in [-0.39, 0.29) is 34.5 Å². The number of quaternary nitrogens is 1. The third-order valence-corrected chi connectivity index (χ3v) is 5.67. The molecule has 0 aliphatic carbocycles. The van der Waals surface area contributed by atoms with Crippen molar-refractivity contribution < 1.29 is 34.4 Å². The van der Waals surface area contributed by atoms with Gasteiger partial charge in [-0.05, 0) is 81.4 Å². The summed E-state index contributed by atoms with van der Waals surface area (Å²) < 4.78 is 18.8. The molecule has 0 fully saturated rings. The normalized spacial score (nSPS) is 11.8. The number of hydrogen-bond donors (Lipinski definition) is 4. The molecular weight excluding hydrogens is 423 g/mol. The molecule has 0 spiro atoms. The van der Waals surface area contributed by atoms with Gasteiger partial charge < -0.3 is 9.84 Å². The number of thioether (sulfide) groups is 1. The molecule has 0 bridgehead atoms. The summed E-state index contributed by atoms with van der Waals surface area (Å²) in [4.78, 5) is 10.3. The fourth-order valence-corrected chi connectivity index (χ4v) is 3.66. The molecule has 0 radical (unpaired) electrons. The molecule has 4 N–H and O–H groups in total.